The number of nitrogens with zero attached hydrogens (tertiary/aromatic N) is 1. The highest BCUT2D eigenvalue weighted by atomic mass is 32.2. The van der Waals surface area contributed by atoms with Crippen molar-refractivity contribution in [3.8, 4) is 0 Å². The molecule has 0 saturated heterocycles. The highest BCUT2D eigenvalue weighted by molar-refractivity contribution is 7.99. The molecular formula is C18H26N4O3S2. The predicted molar refractivity (Wildman–Crippen MR) is 110 cm³/mol. The van der Waals surface area contributed by atoms with E-state index in [0.29, 0.717) is 24.3 Å². The Morgan fingerprint density at radius 1 is 1.26 bits per heavy atom. The molecule has 9 heteroatoms. The average molecular weight is 411 g/mol. The van der Waals surface area contributed by atoms with Crippen LogP contribution in [0.4, 0.5) is 0 Å². The molecule has 0 amide bonds. The SMILES string of the molecule is CSC(C)CNC(=NCc1ccc(S(N)(=O)=O)cc1)NCCc1ccco1. The molecule has 7 nitrogen and oxygen atoms in total. The first-order chi connectivity index (χ1) is 12.9. The van der Waals surface area contributed by atoms with Crippen molar-refractivity contribution in [3.05, 3.63) is 54.0 Å². The Bertz CT molecular complexity index is 819. The molecule has 0 radical (unpaired) electrons. The topological polar surface area (TPSA) is 110 Å². The van der Waals surface area contributed by atoms with E-state index in [4.69, 9.17) is 9.56 Å². The van der Waals surface area contributed by atoms with Crippen LogP contribution in [-0.4, -0.2) is 39.0 Å². The zero-order valence-electron chi connectivity index (χ0n) is 15.5. The van der Waals surface area contributed by atoms with E-state index in [1.807, 2.05) is 12.1 Å². The van der Waals surface area contributed by atoms with Crippen LogP contribution in [0.1, 0.15) is 18.2 Å². The van der Waals surface area contributed by atoms with Gasteiger partial charge in [0.2, 0.25) is 10.0 Å². The number of hydrogen-bond donors (Lipinski definition) is 3. The Kier molecular flexibility index (Phi) is 8.21. The van der Waals surface area contributed by atoms with Gasteiger partial charge in [-0.3, -0.25) is 0 Å². The molecule has 1 atom stereocenters. The first-order valence-corrected chi connectivity index (χ1v) is 11.4. The van der Waals surface area contributed by atoms with E-state index in [0.717, 1.165) is 24.3 Å². The van der Waals surface area contributed by atoms with E-state index in [-0.39, 0.29) is 4.90 Å². The predicted octanol–water partition coefficient (Wildman–Crippen LogP) is 1.96. The summed E-state index contributed by atoms with van der Waals surface area (Å²) in [5.74, 6) is 1.62. The van der Waals surface area contributed by atoms with Crippen molar-refractivity contribution in [2.75, 3.05) is 19.3 Å². The van der Waals surface area contributed by atoms with Gasteiger partial charge in [-0.15, -0.1) is 0 Å². The molecule has 0 aliphatic rings. The first kappa shape index (κ1) is 21.3. The Morgan fingerprint density at radius 2 is 2.00 bits per heavy atom. The summed E-state index contributed by atoms with van der Waals surface area (Å²) in [7, 11) is -3.68. The maximum Gasteiger partial charge on any atom is 0.238 e. The highest BCUT2D eigenvalue weighted by Crippen LogP contribution is 2.09. The van der Waals surface area contributed by atoms with Crippen molar-refractivity contribution in [1.82, 2.24) is 10.6 Å². The molecule has 0 saturated carbocycles. The van der Waals surface area contributed by atoms with Crippen LogP contribution in [-0.2, 0) is 23.0 Å². The number of nitrogens with two attached hydrogens (primary N) is 1. The molecule has 0 aliphatic heterocycles. The fourth-order valence-corrected chi connectivity index (χ4v) is 2.98. The third kappa shape index (κ3) is 7.66. The van der Waals surface area contributed by atoms with Crippen molar-refractivity contribution >= 4 is 27.7 Å². The minimum Gasteiger partial charge on any atom is -0.469 e. The number of thioether (sulfide) groups is 1. The number of nitrogens with one attached hydrogen (secondary N) is 2. The van der Waals surface area contributed by atoms with Crippen molar-refractivity contribution < 1.29 is 12.8 Å². The summed E-state index contributed by atoms with van der Waals surface area (Å²) in [5, 5.41) is 12.2. The van der Waals surface area contributed by atoms with Crippen LogP contribution in [0.15, 0.2) is 57.0 Å². The molecule has 1 aromatic heterocycles. The summed E-state index contributed by atoms with van der Waals surface area (Å²) < 4.78 is 28.0. The largest absolute Gasteiger partial charge is 0.469 e. The van der Waals surface area contributed by atoms with Gasteiger partial charge in [0.05, 0.1) is 17.7 Å². The summed E-state index contributed by atoms with van der Waals surface area (Å²) in [6.45, 7) is 4.05. The fraction of sp³-hybridized carbons (Fsp3) is 0.389. The summed E-state index contributed by atoms with van der Waals surface area (Å²) in [6, 6.07) is 10.2. The number of furan rings is 1. The molecule has 27 heavy (non-hydrogen) atoms. The van der Waals surface area contributed by atoms with Crippen molar-refractivity contribution in [1.29, 1.82) is 0 Å². The molecule has 4 N–H and O–H groups in total. The summed E-state index contributed by atoms with van der Waals surface area (Å²) in [5.41, 5.74) is 0.896. The monoisotopic (exact) mass is 410 g/mol. The van der Waals surface area contributed by atoms with Gasteiger partial charge in [-0.2, -0.15) is 11.8 Å². The molecule has 0 fully saturated rings. The van der Waals surface area contributed by atoms with Gasteiger partial charge in [0.25, 0.3) is 0 Å². The smallest absolute Gasteiger partial charge is 0.238 e. The highest BCUT2D eigenvalue weighted by Gasteiger charge is 2.07. The van der Waals surface area contributed by atoms with Crippen molar-refractivity contribution in [2.24, 2.45) is 10.1 Å². The van der Waals surface area contributed by atoms with Crippen LogP contribution in [0.3, 0.4) is 0 Å². The average Bonchev–Trinajstić information content (AvgIpc) is 3.16. The van der Waals surface area contributed by atoms with Gasteiger partial charge in [0.1, 0.15) is 5.76 Å². The second-order valence-corrected chi connectivity index (χ2v) is 8.87. The molecule has 0 spiro atoms. The summed E-state index contributed by atoms with van der Waals surface area (Å²) in [4.78, 5) is 4.68. The molecule has 2 aromatic rings. The Labute approximate surface area is 164 Å². The van der Waals surface area contributed by atoms with E-state index >= 15 is 0 Å². The molecule has 0 bridgehead atoms. The number of sulfonamides is 1. The minimum absolute atomic E-state index is 0.0962. The maximum atomic E-state index is 11.3. The Balaban J connectivity index is 1.97. The molecule has 2 rings (SSSR count). The standard InChI is InChI=1S/C18H26N4O3S2/c1-14(26-2)12-21-18(20-10-9-16-4-3-11-25-16)22-13-15-5-7-17(8-6-15)27(19,23)24/h3-8,11,14H,9-10,12-13H2,1-2H3,(H2,19,23,24)(H2,20,21,22). The fourth-order valence-electron chi connectivity index (χ4n) is 2.21. The number of aliphatic imine (C=N–C) groups is 1. The lowest BCUT2D eigenvalue weighted by atomic mass is 10.2. The zero-order chi connectivity index (χ0) is 19.7. The number of benzene rings is 1. The van der Waals surface area contributed by atoms with Crippen LogP contribution in [0, 0.1) is 0 Å². The van der Waals surface area contributed by atoms with Gasteiger partial charge >= 0.3 is 0 Å². The maximum absolute atomic E-state index is 11.3. The van der Waals surface area contributed by atoms with Crippen LogP contribution < -0.4 is 15.8 Å². The third-order valence-electron chi connectivity index (χ3n) is 3.87. The van der Waals surface area contributed by atoms with Gasteiger partial charge in [-0.05, 0) is 36.1 Å². The summed E-state index contributed by atoms with van der Waals surface area (Å²) in [6.07, 6.45) is 4.49. The molecule has 0 aliphatic carbocycles. The number of hydrogen-bond acceptors (Lipinski definition) is 5. The van der Waals surface area contributed by atoms with Crippen LogP contribution >= 0.6 is 11.8 Å². The van der Waals surface area contributed by atoms with E-state index in [2.05, 4.69) is 28.8 Å². The lowest BCUT2D eigenvalue weighted by Gasteiger charge is -2.15. The number of guanidine groups is 1. The van der Waals surface area contributed by atoms with Crippen molar-refractivity contribution in [3.63, 3.8) is 0 Å². The van der Waals surface area contributed by atoms with Gasteiger partial charge in [0.15, 0.2) is 5.96 Å². The number of primary sulfonamides is 1. The molecule has 1 aromatic carbocycles. The van der Waals surface area contributed by atoms with Crippen LogP contribution in [0.5, 0.6) is 0 Å². The second-order valence-electron chi connectivity index (χ2n) is 6.04. The second kappa shape index (κ2) is 10.4. The van der Waals surface area contributed by atoms with Gasteiger partial charge in [-0.1, -0.05) is 19.1 Å². The Hall–Kier alpha value is -1.97. The van der Waals surface area contributed by atoms with Crippen molar-refractivity contribution in [2.45, 2.75) is 30.0 Å². The lowest BCUT2D eigenvalue weighted by molar-refractivity contribution is 0.506. The number of rotatable bonds is 9. The van der Waals surface area contributed by atoms with E-state index in [1.54, 1.807) is 30.2 Å². The third-order valence-corrected chi connectivity index (χ3v) is 5.78. The molecule has 1 unspecified atom stereocenters. The van der Waals surface area contributed by atoms with E-state index in [1.165, 1.54) is 12.1 Å². The van der Waals surface area contributed by atoms with Gasteiger partial charge < -0.3 is 15.1 Å². The van der Waals surface area contributed by atoms with E-state index in [9.17, 15) is 8.42 Å². The summed E-state index contributed by atoms with van der Waals surface area (Å²) >= 11 is 1.78. The quantitative estimate of drug-likeness (QED) is 0.431. The van der Waals surface area contributed by atoms with Gasteiger partial charge in [-0.25, -0.2) is 18.5 Å². The van der Waals surface area contributed by atoms with E-state index < -0.39 is 10.0 Å². The lowest BCUT2D eigenvalue weighted by Crippen LogP contribution is -2.41. The zero-order valence-corrected chi connectivity index (χ0v) is 17.1. The van der Waals surface area contributed by atoms with Gasteiger partial charge in [0, 0.05) is 24.8 Å². The molecule has 148 valence electrons. The Morgan fingerprint density at radius 3 is 2.59 bits per heavy atom. The van der Waals surface area contributed by atoms with Crippen LogP contribution in [0.2, 0.25) is 0 Å². The molecule has 1 heterocycles. The molecular weight excluding hydrogens is 384 g/mol. The minimum atomic E-state index is -3.68. The van der Waals surface area contributed by atoms with Crippen LogP contribution in [0.25, 0.3) is 0 Å². The first-order valence-electron chi connectivity index (χ1n) is 8.57. The normalized spacial score (nSPS) is 13.4.